The number of carboxylic acids is 1. The number of amides is 1. The molecule has 0 radical (unpaired) electrons. The molecule has 2 aliphatic rings. The van der Waals surface area contributed by atoms with E-state index >= 15 is 0 Å². The lowest BCUT2D eigenvalue weighted by atomic mass is 9.83. The molecule has 2 bridgehead atoms. The summed E-state index contributed by atoms with van der Waals surface area (Å²) in [5.41, 5.74) is 2.65. The molecule has 204 valence electrons. The predicted molar refractivity (Wildman–Crippen MR) is 131 cm³/mol. The summed E-state index contributed by atoms with van der Waals surface area (Å²) in [6, 6.07) is 8.31. The fourth-order valence-corrected chi connectivity index (χ4v) is 5.03. The average Bonchev–Trinajstić information content (AvgIpc) is 3.43. The van der Waals surface area contributed by atoms with Crippen LogP contribution in [0, 0.1) is 17.5 Å². The number of hydrogen-bond acceptors (Lipinski definition) is 7. The van der Waals surface area contributed by atoms with Gasteiger partial charge < -0.3 is 20.1 Å². The zero-order chi connectivity index (χ0) is 27.5. The fourth-order valence-electron chi connectivity index (χ4n) is 5.03. The molecule has 2 N–H and O–H groups in total. The van der Waals surface area contributed by atoms with Crippen molar-refractivity contribution in [3.05, 3.63) is 76.9 Å². The summed E-state index contributed by atoms with van der Waals surface area (Å²) in [6.45, 7) is 0.612. The van der Waals surface area contributed by atoms with Gasteiger partial charge in [0.2, 0.25) is 11.7 Å². The van der Waals surface area contributed by atoms with Crippen LogP contribution in [0.25, 0.3) is 5.57 Å². The van der Waals surface area contributed by atoms with Crippen molar-refractivity contribution in [2.24, 2.45) is 0 Å². The highest BCUT2D eigenvalue weighted by atomic mass is 19.2. The fraction of sp³-hybridized carbons (Fsp3) is 0.346. The Morgan fingerprint density at radius 3 is 2.56 bits per heavy atom. The second-order valence-corrected chi connectivity index (χ2v) is 9.45. The molecular weight excluding hydrogens is 517 g/mol. The number of piperazine rings is 1. The summed E-state index contributed by atoms with van der Waals surface area (Å²) < 4.78 is 47.2. The normalized spacial score (nSPS) is 18.8. The second-order valence-electron chi connectivity index (χ2n) is 9.45. The minimum atomic E-state index is -1.35. The SMILES string of the molecule is O=C(O)C1=C(c2ccc(CCCOc3c(F)ccc(F)c3F)cc2)C[C@@H]2CN(C(=O)Cn3cnnn3)C[C@H]1N2. The summed E-state index contributed by atoms with van der Waals surface area (Å²) in [5.74, 6) is -5.47. The van der Waals surface area contributed by atoms with Crippen LogP contribution in [0.2, 0.25) is 0 Å². The maximum atomic E-state index is 13.7. The lowest BCUT2D eigenvalue weighted by Gasteiger charge is -2.43. The highest BCUT2D eigenvalue weighted by molar-refractivity contribution is 5.98. The standard InChI is InChI=1S/C26H25F3N6O4/c27-19-7-8-20(28)25(24(19)29)39-9-1-2-15-3-5-16(6-4-15)18-10-17-11-34(12-21(31-17)23(18)26(37)38)22(36)13-35-14-30-32-33-35/h3-8,14,17,21,31H,1-2,9-13H2,(H,37,38)/t17-,21-/m1/s1. The van der Waals surface area contributed by atoms with Crippen molar-refractivity contribution < 1.29 is 32.6 Å². The molecule has 0 unspecified atom stereocenters. The number of tetrazole rings is 1. The highest BCUT2D eigenvalue weighted by Gasteiger charge is 2.39. The molecule has 3 heterocycles. The number of benzene rings is 2. The predicted octanol–water partition coefficient (Wildman–Crippen LogP) is 2.21. The van der Waals surface area contributed by atoms with E-state index in [0.29, 0.717) is 31.9 Å². The number of nitrogens with zero attached hydrogens (tertiary/aromatic N) is 5. The number of aliphatic carboxylic acids is 1. The third-order valence-corrected chi connectivity index (χ3v) is 6.84. The summed E-state index contributed by atoms with van der Waals surface area (Å²) in [4.78, 5) is 26.7. The Bertz CT molecular complexity index is 1400. The number of aryl methyl sites for hydroxylation is 1. The Morgan fingerprint density at radius 1 is 1.08 bits per heavy atom. The number of carboxylic acid groups (broad SMARTS) is 1. The second kappa shape index (κ2) is 11.2. The van der Waals surface area contributed by atoms with Gasteiger partial charge in [-0.15, -0.1) is 5.10 Å². The molecule has 0 spiro atoms. The Balaban J connectivity index is 1.23. The minimum Gasteiger partial charge on any atom is -0.488 e. The third-order valence-electron chi connectivity index (χ3n) is 6.84. The molecule has 1 aromatic heterocycles. The topological polar surface area (TPSA) is 122 Å². The number of carbonyl (C=O) groups excluding carboxylic acids is 1. The molecule has 2 aliphatic heterocycles. The molecule has 5 rings (SSSR count). The van der Waals surface area contributed by atoms with Crippen LogP contribution in [0.4, 0.5) is 13.2 Å². The van der Waals surface area contributed by atoms with E-state index in [-0.39, 0.29) is 37.2 Å². The Morgan fingerprint density at radius 2 is 1.85 bits per heavy atom. The van der Waals surface area contributed by atoms with Crippen LogP contribution in [-0.2, 0) is 22.6 Å². The lowest BCUT2D eigenvalue weighted by Crippen LogP contribution is -2.61. The molecule has 0 saturated carbocycles. The van der Waals surface area contributed by atoms with Gasteiger partial charge in [0.15, 0.2) is 17.4 Å². The summed E-state index contributed by atoms with van der Waals surface area (Å²) >= 11 is 0. The van der Waals surface area contributed by atoms with E-state index in [9.17, 15) is 27.9 Å². The van der Waals surface area contributed by atoms with Crippen LogP contribution < -0.4 is 10.1 Å². The molecule has 2 aromatic carbocycles. The van der Waals surface area contributed by atoms with E-state index < -0.39 is 35.2 Å². The Hall–Kier alpha value is -4.26. The van der Waals surface area contributed by atoms with Gasteiger partial charge in [0.1, 0.15) is 12.9 Å². The minimum absolute atomic E-state index is 0.00890. The quantitative estimate of drug-likeness (QED) is 0.312. The van der Waals surface area contributed by atoms with Crippen molar-refractivity contribution >= 4 is 17.4 Å². The largest absolute Gasteiger partial charge is 0.488 e. The number of ether oxygens (including phenoxy) is 1. The van der Waals surface area contributed by atoms with Crippen molar-refractivity contribution in [3.63, 3.8) is 0 Å². The molecule has 13 heteroatoms. The van der Waals surface area contributed by atoms with E-state index in [1.165, 1.54) is 11.0 Å². The summed E-state index contributed by atoms with van der Waals surface area (Å²) in [5, 5.41) is 24.1. The molecule has 10 nitrogen and oxygen atoms in total. The number of fused-ring (bicyclic) bond motifs is 2. The number of rotatable bonds is 9. The first-order valence-corrected chi connectivity index (χ1v) is 12.4. The number of hydrogen-bond donors (Lipinski definition) is 2. The molecule has 1 saturated heterocycles. The van der Waals surface area contributed by atoms with E-state index in [4.69, 9.17) is 4.74 Å². The number of nitrogens with one attached hydrogen (secondary N) is 1. The van der Waals surface area contributed by atoms with Crippen LogP contribution in [0.5, 0.6) is 5.75 Å². The Kier molecular flexibility index (Phi) is 7.59. The monoisotopic (exact) mass is 542 g/mol. The zero-order valence-electron chi connectivity index (χ0n) is 20.7. The maximum Gasteiger partial charge on any atom is 0.333 e. The van der Waals surface area contributed by atoms with Gasteiger partial charge >= 0.3 is 5.97 Å². The molecule has 1 amide bonds. The van der Waals surface area contributed by atoms with Gasteiger partial charge in [-0.3, -0.25) is 4.79 Å². The Labute approximate surface area is 221 Å². The van der Waals surface area contributed by atoms with Crippen molar-refractivity contribution in [3.8, 4) is 5.75 Å². The van der Waals surface area contributed by atoms with E-state index in [1.54, 1.807) is 4.90 Å². The van der Waals surface area contributed by atoms with Gasteiger partial charge in [-0.1, -0.05) is 24.3 Å². The molecule has 2 atom stereocenters. The first-order valence-electron chi connectivity index (χ1n) is 12.4. The number of halogens is 3. The van der Waals surface area contributed by atoms with E-state index in [1.807, 2.05) is 24.3 Å². The molecule has 3 aromatic rings. The van der Waals surface area contributed by atoms with Crippen LogP contribution in [0.15, 0.2) is 48.3 Å². The van der Waals surface area contributed by atoms with Crippen molar-refractivity contribution in [1.82, 2.24) is 30.4 Å². The molecule has 1 fully saturated rings. The summed E-state index contributed by atoms with van der Waals surface area (Å²) in [6.07, 6.45) is 2.75. The van der Waals surface area contributed by atoms with Gasteiger partial charge in [0.05, 0.1) is 18.2 Å². The number of carbonyl (C=O) groups is 2. The van der Waals surface area contributed by atoms with Gasteiger partial charge in [-0.05, 0) is 58.5 Å². The number of aromatic nitrogens is 4. The zero-order valence-corrected chi connectivity index (χ0v) is 20.7. The molecule has 39 heavy (non-hydrogen) atoms. The summed E-state index contributed by atoms with van der Waals surface area (Å²) in [7, 11) is 0. The van der Waals surface area contributed by atoms with Gasteiger partial charge in [0, 0.05) is 19.1 Å². The average molecular weight is 543 g/mol. The van der Waals surface area contributed by atoms with Crippen molar-refractivity contribution in [1.29, 1.82) is 0 Å². The molecular formula is C26H25F3N6O4. The van der Waals surface area contributed by atoms with Crippen LogP contribution in [-0.4, -0.2) is 73.9 Å². The van der Waals surface area contributed by atoms with E-state index in [0.717, 1.165) is 22.8 Å². The lowest BCUT2D eigenvalue weighted by molar-refractivity contribution is -0.136. The van der Waals surface area contributed by atoms with Gasteiger partial charge in [0.25, 0.3) is 0 Å². The van der Waals surface area contributed by atoms with E-state index in [2.05, 4.69) is 20.8 Å². The third kappa shape index (κ3) is 5.77. The molecule has 0 aliphatic carbocycles. The first-order chi connectivity index (χ1) is 18.8. The van der Waals surface area contributed by atoms with Crippen molar-refractivity contribution in [2.75, 3.05) is 19.7 Å². The van der Waals surface area contributed by atoms with Gasteiger partial charge in [-0.25, -0.2) is 18.3 Å². The van der Waals surface area contributed by atoms with Crippen molar-refractivity contribution in [2.45, 2.75) is 37.9 Å². The smallest absolute Gasteiger partial charge is 0.333 e. The van der Waals surface area contributed by atoms with Crippen LogP contribution in [0.3, 0.4) is 0 Å². The van der Waals surface area contributed by atoms with Gasteiger partial charge in [-0.2, -0.15) is 4.39 Å². The van der Waals surface area contributed by atoms with Crippen LogP contribution in [0.1, 0.15) is 24.0 Å². The first kappa shape index (κ1) is 26.4. The van der Waals surface area contributed by atoms with Crippen LogP contribution >= 0.6 is 0 Å². The highest BCUT2D eigenvalue weighted by Crippen LogP contribution is 2.33. The maximum absolute atomic E-state index is 13.7.